The Labute approximate surface area is 156 Å². The second kappa shape index (κ2) is 7.03. The van der Waals surface area contributed by atoms with Crippen LogP contribution in [-0.2, 0) is 11.8 Å². The third-order valence-corrected chi connectivity index (χ3v) is 5.16. The molecule has 6 heteroatoms. The van der Waals surface area contributed by atoms with E-state index in [9.17, 15) is 9.59 Å². The molecule has 0 aliphatic heterocycles. The van der Waals surface area contributed by atoms with Crippen LogP contribution in [0.15, 0.2) is 40.5 Å². The summed E-state index contributed by atoms with van der Waals surface area (Å²) in [6, 6.07) is 9.22. The van der Waals surface area contributed by atoms with Gasteiger partial charge in [0.2, 0.25) is 0 Å². The number of hydrogen-bond acceptors (Lipinski definition) is 4. The van der Waals surface area contributed by atoms with Crippen molar-refractivity contribution in [1.29, 1.82) is 0 Å². The van der Waals surface area contributed by atoms with Gasteiger partial charge in [0.05, 0.1) is 0 Å². The maximum atomic E-state index is 12.3. The van der Waals surface area contributed by atoms with Crippen molar-refractivity contribution in [1.82, 2.24) is 14.7 Å². The van der Waals surface area contributed by atoms with Crippen LogP contribution in [0.3, 0.4) is 0 Å². The van der Waals surface area contributed by atoms with E-state index in [2.05, 4.69) is 31.1 Å². The molecule has 3 rings (SSSR count). The van der Waals surface area contributed by atoms with Crippen LogP contribution in [0.2, 0.25) is 0 Å². The number of carbonyl (C=O) groups excluding carboxylic acids is 1. The molecule has 1 amide bonds. The van der Waals surface area contributed by atoms with Gasteiger partial charge in [0.25, 0.3) is 11.5 Å². The number of rotatable bonds is 4. The highest BCUT2D eigenvalue weighted by molar-refractivity contribution is 7.15. The Hall–Kier alpha value is -2.47. The van der Waals surface area contributed by atoms with Crippen LogP contribution in [0, 0.1) is 6.92 Å². The van der Waals surface area contributed by atoms with Gasteiger partial charge in [-0.2, -0.15) is 0 Å². The van der Waals surface area contributed by atoms with Gasteiger partial charge in [-0.3, -0.25) is 14.0 Å². The fourth-order valence-electron chi connectivity index (χ4n) is 2.79. The lowest BCUT2D eigenvalue weighted by Crippen LogP contribution is -2.27. The zero-order valence-corrected chi connectivity index (χ0v) is 16.3. The number of benzene rings is 1. The molecule has 2 heterocycles. The van der Waals surface area contributed by atoms with E-state index in [1.165, 1.54) is 23.0 Å². The number of fused-ring (bicyclic) bond motifs is 1. The lowest BCUT2D eigenvalue weighted by molar-refractivity contribution is 0.0954. The van der Waals surface area contributed by atoms with E-state index in [0.717, 1.165) is 11.4 Å². The van der Waals surface area contributed by atoms with Gasteiger partial charge >= 0.3 is 0 Å². The topological polar surface area (TPSA) is 63.5 Å². The van der Waals surface area contributed by atoms with Gasteiger partial charge < -0.3 is 5.32 Å². The van der Waals surface area contributed by atoms with Crippen molar-refractivity contribution in [3.63, 3.8) is 0 Å². The van der Waals surface area contributed by atoms with E-state index >= 15 is 0 Å². The third-order valence-electron chi connectivity index (χ3n) is 4.28. The van der Waals surface area contributed by atoms with Gasteiger partial charge in [-0.15, -0.1) is 11.3 Å². The standard InChI is InChI=1S/C20H23N3O2S/c1-13-11-17(24)23-16(12-26-19(23)22-13)9-10-21-18(25)14-5-7-15(8-6-14)20(2,3)4/h5-8,11-12H,9-10H2,1-4H3,(H,21,25). The summed E-state index contributed by atoms with van der Waals surface area (Å²) in [5.41, 5.74) is 3.41. The van der Waals surface area contributed by atoms with Crippen molar-refractivity contribution in [3.05, 3.63) is 68.6 Å². The van der Waals surface area contributed by atoms with Gasteiger partial charge in [0.1, 0.15) is 0 Å². The van der Waals surface area contributed by atoms with E-state index in [-0.39, 0.29) is 16.9 Å². The summed E-state index contributed by atoms with van der Waals surface area (Å²) in [6.07, 6.45) is 0.580. The molecule has 1 N–H and O–H groups in total. The predicted molar refractivity (Wildman–Crippen MR) is 105 cm³/mol. The molecule has 0 spiro atoms. The molecule has 1 aromatic carbocycles. The summed E-state index contributed by atoms with van der Waals surface area (Å²) in [5.74, 6) is -0.105. The fraction of sp³-hybridized carbons (Fsp3) is 0.350. The normalized spacial score (nSPS) is 11.7. The monoisotopic (exact) mass is 369 g/mol. The van der Waals surface area contributed by atoms with Crippen LogP contribution in [0.5, 0.6) is 0 Å². The Morgan fingerprint density at radius 2 is 1.92 bits per heavy atom. The molecule has 0 bridgehead atoms. The average molecular weight is 369 g/mol. The number of amides is 1. The van der Waals surface area contributed by atoms with Crippen LogP contribution in [0.4, 0.5) is 0 Å². The smallest absolute Gasteiger partial charge is 0.258 e. The summed E-state index contributed by atoms with van der Waals surface area (Å²) >= 11 is 1.44. The van der Waals surface area contributed by atoms with Gasteiger partial charge in [-0.1, -0.05) is 32.9 Å². The minimum absolute atomic E-state index is 0.0641. The number of hydrogen-bond donors (Lipinski definition) is 1. The molecule has 0 saturated carbocycles. The second-order valence-electron chi connectivity index (χ2n) is 7.41. The molecule has 0 unspecified atom stereocenters. The van der Waals surface area contributed by atoms with Gasteiger partial charge in [-0.25, -0.2) is 4.98 Å². The Bertz CT molecular complexity index is 995. The number of thiazole rings is 1. The zero-order valence-electron chi connectivity index (χ0n) is 15.5. The SMILES string of the molecule is Cc1cc(=O)n2c(CCNC(=O)c3ccc(C(C)(C)C)cc3)csc2n1. The van der Waals surface area contributed by atoms with Gasteiger partial charge in [-0.05, 0) is 30.0 Å². The fourth-order valence-corrected chi connectivity index (χ4v) is 3.76. The van der Waals surface area contributed by atoms with E-state index in [1.807, 2.05) is 36.6 Å². The minimum Gasteiger partial charge on any atom is -0.352 e. The Morgan fingerprint density at radius 3 is 2.58 bits per heavy atom. The predicted octanol–water partition coefficient (Wildman–Crippen LogP) is 3.33. The highest BCUT2D eigenvalue weighted by atomic mass is 32.1. The zero-order chi connectivity index (χ0) is 18.9. The molecule has 0 atom stereocenters. The van der Waals surface area contributed by atoms with Gasteiger partial charge in [0.15, 0.2) is 4.96 Å². The molecule has 136 valence electrons. The van der Waals surface area contributed by atoms with Crippen molar-refractivity contribution in [3.8, 4) is 0 Å². The summed E-state index contributed by atoms with van der Waals surface area (Å²) in [7, 11) is 0. The van der Waals surface area contributed by atoms with E-state index < -0.39 is 0 Å². The number of nitrogens with zero attached hydrogens (tertiary/aromatic N) is 2. The molecule has 0 aliphatic carbocycles. The first-order valence-corrected chi connectivity index (χ1v) is 9.49. The van der Waals surface area contributed by atoms with Crippen molar-refractivity contribution >= 4 is 22.2 Å². The minimum atomic E-state index is -0.105. The molecule has 5 nitrogen and oxygen atoms in total. The third kappa shape index (κ3) is 3.85. The molecular formula is C20H23N3O2S. The number of aromatic nitrogens is 2. The maximum absolute atomic E-state index is 12.3. The first kappa shape index (κ1) is 18.3. The summed E-state index contributed by atoms with van der Waals surface area (Å²) in [4.78, 5) is 29.5. The van der Waals surface area contributed by atoms with Crippen LogP contribution in [-0.4, -0.2) is 21.8 Å². The first-order valence-electron chi connectivity index (χ1n) is 8.61. The highest BCUT2D eigenvalue weighted by Gasteiger charge is 2.14. The van der Waals surface area contributed by atoms with Crippen molar-refractivity contribution in [2.75, 3.05) is 6.54 Å². The molecular weight excluding hydrogens is 346 g/mol. The maximum Gasteiger partial charge on any atom is 0.258 e. The molecule has 0 aliphatic rings. The molecule has 0 saturated heterocycles. The van der Waals surface area contributed by atoms with Crippen LogP contribution < -0.4 is 10.9 Å². The average Bonchev–Trinajstić information content (AvgIpc) is 2.97. The van der Waals surface area contributed by atoms with E-state index in [1.54, 1.807) is 4.40 Å². The largest absolute Gasteiger partial charge is 0.352 e. The van der Waals surface area contributed by atoms with Crippen LogP contribution >= 0.6 is 11.3 Å². The highest BCUT2D eigenvalue weighted by Crippen LogP contribution is 2.22. The first-order chi connectivity index (χ1) is 12.3. The Balaban J connectivity index is 1.65. The van der Waals surface area contributed by atoms with E-state index in [0.29, 0.717) is 23.5 Å². The Kier molecular flexibility index (Phi) is 4.96. The number of nitrogens with one attached hydrogen (secondary N) is 1. The van der Waals surface area contributed by atoms with Crippen molar-refractivity contribution in [2.24, 2.45) is 0 Å². The summed E-state index contributed by atoms with van der Waals surface area (Å²) < 4.78 is 1.61. The number of aryl methyl sites for hydroxylation is 1. The number of carbonyl (C=O) groups is 1. The molecule has 26 heavy (non-hydrogen) atoms. The lowest BCUT2D eigenvalue weighted by Gasteiger charge is -2.19. The van der Waals surface area contributed by atoms with Gasteiger partial charge in [0, 0.05) is 41.4 Å². The van der Waals surface area contributed by atoms with Crippen molar-refractivity contribution < 1.29 is 4.79 Å². The molecule has 3 aromatic rings. The lowest BCUT2D eigenvalue weighted by atomic mass is 9.87. The Morgan fingerprint density at radius 1 is 1.23 bits per heavy atom. The quantitative estimate of drug-likeness (QED) is 0.767. The molecule has 0 fully saturated rings. The second-order valence-corrected chi connectivity index (χ2v) is 8.25. The van der Waals surface area contributed by atoms with E-state index in [4.69, 9.17) is 0 Å². The van der Waals surface area contributed by atoms with Crippen LogP contribution in [0.1, 0.15) is 48.1 Å². The molecule has 0 radical (unpaired) electrons. The summed E-state index contributed by atoms with van der Waals surface area (Å²) in [5, 5.41) is 4.84. The van der Waals surface area contributed by atoms with Crippen LogP contribution in [0.25, 0.3) is 4.96 Å². The van der Waals surface area contributed by atoms with Crippen molar-refractivity contribution in [2.45, 2.75) is 39.5 Å². The summed E-state index contributed by atoms with van der Waals surface area (Å²) in [6.45, 7) is 8.71. The molecule has 2 aromatic heterocycles.